The number of carbonyl (C=O) groups excluding carboxylic acids is 1. The Labute approximate surface area is 261 Å². The van der Waals surface area contributed by atoms with Gasteiger partial charge in [-0.25, -0.2) is 9.78 Å². The maximum absolute atomic E-state index is 13.9. The molecule has 3 aromatic heterocycles. The zero-order valence-corrected chi connectivity index (χ0v) is 27.0. The van der Waals surface area contributed by atoms with Crippen molar-refractivity contribution in [2.75, 3.05) is 23.9 Å². The molecule has 6 heteroatoms. The number of aromatic nitrogens is 3. The summed E-state index contributed by atoms with van der Waals surface area (Å²) in [5.74, 6) is 0. The Morgan fingerprint density at radius 1 is 0.545 bits per heavy atom. The van der Waals surface area contributed by atoms with Gasteiger partial charge in [-0.15, -0.1) is 0 Å². The van der Waals surface area contributed by atoms with Crippen LogP contribution in [0, 0.1) is 0 Å². The highest BCUT2D eigenvalue weighted by Crippen LogP contribution is 2.35. The number of nitrogens with zero attached hydrogens (tertiary/aromatic N) is 5. The van der Waals surface area contributed by atoms with Gasteiger partial charge in [0.25, 0.3) is 0 Å². The average molecular weight is 584 g/mol. The van der Waals surface area contributed by atoms with Crippen molar-refractivity contribution in [2.45, 2.75) is 52.4 Å². The smallest absolute Gasteiger partial charge is 0.297 e. The van der Waals surface area contributed by atoms with Crippen molar-refractivity contribution in [3.8, 4) is 33.9 Å². The van der Waals surface area contributed by atoms with Gasteiger partial charge in [-0.05, 0) is 93.7 Å². The molecule has 224 valence electrons. The van der Waals surface area contributed by atoms with Gasteiger partial charge in [0, 0.05) is 37.9 Å². The van der Waals surface area contributed by atoms with E-state index in [4.69, 9.17) is 4.98 Å². The first kappa shape index (κ1) is 30.6. The minimum atomic E-state index is -0.119. The van der Waals surface area contributed by atoms with E-state index in [9.17, 15) is 4.79 Å². The highest BCUT2D eigenvalue weighted by molar-refractivity contribution is 6.03. The van der Waals surface area contributed by atoms with Gasteiger partial charge >= 0.3 is 6.03 Å². The molecule has 2 aromatic carbocycles. The summed E-state index contributed by atoms with van der Waals surface area (Å²) in [5, 5.41) is 0. The van der Waals surface area contributed by atoms with Gasteiger partial charge < -0.3 is 0 Å². The molecule has 3 heterocycles. The van der Waals surface area contributed by atoms with Crippen LogP contribution >= 0.6 is 0 Å². The van der Waals surface area contributed by atoms with E-state index in [1.807, 2.05) is 86.9 Å². The SMILES string of the molecule is CN(C(=O)N(C)c1cc(C(C)(C)C)cc(C(C)(C)C)c1)c1cccc(-c2cc(-c3ccccn3)nc(-c3ccccn3)c2)c1. The van der Waals surface area contributed by atoms with Gasteiger partial charge in [0.1, 0.15) is 0 Å². The fraction of sp³-hybridized carbons (Fsp3) is 0.263. The Hall–Kier alpha value is -4.84. The molecule has 0 unspecified atom stereocenters. The predicted molar refractivity (Wildman–Crippen MR) is 182 cm³/mol. The van der Waals surface area contributed by atoms with Gasteiger partial charge in [-0.2, -0.15) is 0 Å². The van der Waals surface area contributed by atoms with Crippen LogP contribution in [0.15, 0.2) is 103 Å². The number of rotatable bonds is 5. The maximum atomic E-state index is 13.9. The van der Waals surface area contributed by atoms with Gasteiger partial charge in [0.05, 0.1) is 22.8 Å². The van der Waals surface area contributed by atoms with E-state index in [-0.39, 0.29) is 16.9 Å². The fourth-order valence-electron chi connectivity index (χ4n) is 5.00. The lowest BCUT2D eigenvalue weighted by atomic mass is 9.80. The summed E-state index contributed by atoms with van der Waals surface area (Å²) in [6.45, 7) is 13.2. The molecule has 44 heavy (non-hydrogen) atoms. The first-order valence-corrected chi connectivity index (χ1v) is 14.9. The highest BCUT2D eigenvalue weighted by atomic mass is 16.2. The molecule has 0 spiro atoms. The Kier molecular flexibility index (Phi) is 8.38. The molecule has 0 bridgehead atoms. The second-order valence-electron chi connectivity index (χ2n) is 13.3. The first-order valence-electron chi connectivity index (χ1n) is 14.9. The van der Waals surface area contributed by atoms with Crippen molar-refractivity contribution in [3.05, 3.63) is 115 Å². The Morgan fingerprint density at radius 2 is 1.07 bits per heavy atom. The number of pyridine rings is 3. The molecule has 0 saturated heterocycles. The Morgan fingerprint density at radius 3 is 1.55 bits per heavy atom. The minimum Gasteiger partial charge on any atom is -0.297 e. The summed E-state index contributed by atoms with van der Waals surface area (Å²) >= 11 is 0. The zero-order chi connectivity index (χ0) is 31.6. The summed E-state index contributed by atoms with van der Waals surface area (Å²) in [4.78, 5) is 31.3. The molecule has 2 amide bonds. The number of hydrogen-bond acceptors (Lipinski definition) is 4. The van der Waals surface area contributed by atoms with Crippen molar-refractivity contribution in [1.82, 2.24) is 15.0 Å². The van der Waals surface area contributed by atoms with Crippen LogP contribution in [0.25, 0.3) is 33.9 Å². The predicted octanol–water partition coefficient (Wildman–Crippen LogP) is 9.16. The fourth-order valence-corrected chi connectivity index (χ4v) is 5.00. The summed E-state index contributed by atoms with van der Waals surface area (Å²) in [5.41, 5.74) is 8.98. The number of hydrogen-bond donors (Lipinski definition) is 0. The third-order valence-electron chi connectivity index (χ3n) is 7.86. The van der Waals surface area contributed by atoms with Crippen molar-refractivity contribution in [3.63, 3.8) is 0 Å². The van der Waals surface area contributed by atoms with Crippen molar-refractivity contribution in [1.29, 1.82) is 0 Å². The van der Waals surface area contributed by atoms with E-state index in [1.54, 1.807) is 22.2 Å². The van der Waals surface area contributed by atoms with Gasteiger partial charge in [-0.3, -0.25) is 19.8 Å². The minimum absolute atomic E-state index is 0.0487. The van der Waals surface area contributed by atoms with Crippen LogP contribution in [-0.4, -0.2) is 35.1 Å². The van der Waals surface area contributed by atoms with Crippen LogP contribution in [0.1, 0.15) is 52.7 Å². The molecule has 0 fully saturated rings. The molecule has 6 nitrogen and oxygen atoms in total. The molecular weight excluding hydrogens is 542 g/mol. The third-order valence-corrected chi connectivity index (χ3v) is 7.86. The molecule has 0 aliphatic carbocycles. The second-order valence-corrected chi connectivity index (χ2v) is 13.3. The molecule has 0 radical (unpaired) electrons. The monoisotopic (exact) mass is 583 g/mol. The Balaban J connectivity index is 1.51. The van der Waals surface area contributed by atoms with E-state index < -0.39 is 0 Å². The molecule has 0 aliphatic heterocycles. The summed E-state index contributed by atoms with van der Waals surface area (Å²) in [7, 11) is 3.67. The summed E-state index contributed by atoms with van der Waals surface area (Å²) in [6, 6.07) is 30.1. The zero-order valence-electron chi connectivity index (χ0n) is 27.0. The lowest BCUT2D eigenvalue weighted by molar-refractivity contribution is 0.253. The quantitative estimate of drug-likeness (QED) is 0.207. The standard InChI is InChI=1S/C38H41N5O/c1-37(2,3)28-23-29(38(4,5)6)25-31(24-28)43(8)36(44)42(7)30-15-13-14-26(20-30)27-21-34(32-16-9-11-18-39-32)41-35(22-27)33-17-10-12-19-40-33/h9-25H,1-8H3. The second kappa shape index (κ2) is 12.0. The average Bonchev–Trinajstić information content (AvgIpc) is 3.03. The van der Waals surface area contributed by atoms with Crippen LogP contribution in [0.5, 0.6) is 0 Å². The molecule has 0 N–H and O–H groups in total. The van der Waals surface area contributed by atoms with E-state index in [0.717, 1.165) is 45.3 Å². The first-order chi connectivity index (χ1) is 20.8. The number of carbonyl (C=O) groups is 1. The number of amides is 2. The van der Waals surface area contributed by atoms with Crippen LogP contribution in [-0.2, 0) is 10.8 Å². The van der Waals surface area contributed by atoms with E-state index in [2.05, 4.69) is 69.7 Å². The van der Waals surface area contributed by atoms with E-state index in [0.29, 0.717) is 0 Å². The van der Waals surface area contributed by atoms with Gasteiger partial charge in [0.15, 0.2) is 0 Å². The van der Waals surface area contributed by atoms with Crippen LogP contribution in [0.3, 0.4) is 0 Å². The van der Waals surface area contributed by atoms with Gasteiger partial charge in [-0.1, -0.05) is 71.9 Å². The maximum Gasteiger partial charge on any atom is 0.328 e. The molecule has 5 rings (SSSR count). The number of urea groups is 1. The molecule has 5 aromatic rings. The van der Waals surface area contributed by atoms with Crippen LogP contribution in [0.2, 0.25) is 0 Å². The highest BCUT2D eigenvalue weighted by Gasteiger charge is 2.24. The largest absolute Gasteiger partial charge is 0.328 e. The number of benzene rings is 2. The lowest BCUT2D eigenvalue weighted by Crippen LogP contribution is -2.39. The van der Waals surface area contributed by atoms with Crippen LogP contribution in [0.4, 0.5) is 16.2 Å². The molecule has 0 saturated carbocycles. The van der Waals surface area contributed by atoms with Crippen molar-refractivity contribution < 1.29 is 4.79 Å². The summed E-state index contributed by atoms with van der Waals surface area (Å²) in [6.07, 6.45) is 3.53. The summed E-state index contributed by atoms with van der Waals surface area (Å²) < 4.78 is 0. The van der Waals surface area contributed by atoms with E-state index >= 15 is 0 Å². The van der Waals surface area contributed by atoms with Gasteiger partial charge in [0.2, 0.25) is 0 Å². The van der Waals surface area contributed by atoms with Crippen molar-refractivity contribution in [2.24, 2.45) is 0 Å². The third kappa shape index (κ3) is 6.70. The van der Waals surface area contributed by atoms with E-state index in [1.165, 1.54) is 11.1 Å². The molecular formula is C38H41N5O. The topological polar surface area (TPSA) is 62.2 Å². The van der Waals surface area contributed by atoms with Crippen molar-refractivity contribution >= 4 is 17.4 Å². The molecule has 0 atom stereocenters. The number of anilines is 2. The molecule has 0 aliphatic rings. The normalized spacial score (nSPS) is 11.7. The Bertz CT molecular complexity index is 1680. The lowest BCUT2D eigenvalue weighted by Gasteiger charge is -2.30. The van der Waals surface area contributed by atoms with Crippen LogP contribution < -0.4 is 9.80 Å².